The van der Waals surface area contributed by atoms with Gasteiger partial charge in [0, 0.05) is 6.42 Å². The van der Waals surface area contributed by atoms with Crippen LogP contribution < -0.4 is 0 Å². The van der Waals surface area contributed by atoms with Gasteiger partial charge in [0.05, 0.1) is 6.61 Å². The van der Waals surface area contributed by atoms with E-state index < -0.39 is 0 Å². The maximum atomic E-state index is 11.1. The van der Waals surface area contributed by atoms with Crippen LogP contribution in [-0.4, -0.2) is 12.6 Å². The van der Waals surface area contributed by atoms with Crippen LogP contribution >= 0.6 is 0 Å². The largest absolute Gasteiger partial charge is 0.466 e. The second-order valence-electron chi connectivity index (χ2n) is 5.52. The molecule has 25 heavy (non-hydrogen) atoms. The third kappa shape index (κ3) is 19.9. The van der Waals surface area contributed by atoms with Gasteiger partial charge in [0.15, 0.2) is 0 Å². The van der Waals surface area contributed by atoms with Crippen molar-refractivity contribution in [2.45, 2.75) is 58.3 Å². The molecule has 0 aromatic heterocycles. The maximum absolute atomic E-state index is 11.1. The summed E-state index contributed by atoms with van der Waals surface area (Å²) in [6.45, 7) is 5.98. The first-order chi connectivity index (χ1) is 12.3. The van der Waals surface area contributed by atoms with Gasteiger partial charge in [-0.3, -0.25) is 4.79 Å². The molecule has 0 aliphatic rings. The highest BCUT2D eigenvalue weighted by Crippen LogP contribution is 2.00. The Labute approximate surface area is 154 Å². The number of unbranched alkanes of at least 4 members (excludes halogenated alkanes) is 1. The Kier molecular flexibility index (Phi) is 18.3. The average molecular weight is 343 g/mol. The Morgan fingerprint density at radius 1 is 0.760 bits per heavy atom. The molecule has 0 rings (SSSR count). The predicted octanol–water partition coefficient (Wildman–Crippen LogP) is 6.64. The van der Waals surface area contributed by atoms with E-state index in [1.165, 1.54) is 0 Å². The van der Waals surface area contributed by atoms with Crippen LogP contribution in [0.1, 0.15) is 58.3 Å². The van der Waals surface area contributed by atoms with Crippen LogP contribution in [0.5, 0.6) is 0 Å². The van der Waals surface area contributed by atoms with Crippen LogP contribution in [0, 0.1) is 0 Å². The molecule has 0 radical (unpaired) electrons. The van der Waals surface area contributed by atoms with Crippen molar-refractivity contribution < 1.29 is 9.53 Å². The van der Waals surface area contributed by atoms with E-state index in [1.807, 2.05) is 13.0 Å². The zero-order valence-corrected chi connectivity index (χ0v) is 15.7. The van der Waals surface area contributed by atoms with Crippen LogP contribution in [0.2, 0.25) is 0 Å². The molecule has 0 saturated carbocycles. The summed E-state index contributed by atoms with van der Waals surface area (Å²) < 4.78 is 4.88. The zero-order valence-electron chi connectivity index (χ0n) is 15.7. The Balaban J connectivity index is 3.50. The number of hydrogen-bond acceptors (Lipinski definition) is 2. The minimum Gasteiger partial charge on any atom is -0.466 e. The lowest BCUT2D eigenvalue weighted by Gasteiger charge is -1.98. The first kappa shape index (κ1) is 22.9. The molecular weight excluding hydrogens is 308 g/mol. The standard InChI is InChI=1S/C23H34O2/c1-3-5-6-7-8-9-10-11-12-13-14-15-16-17-18-19-20-21-22-23(24)25-4-2/h3,6-7,9-10,12-13,15-16,18-19H,1,4-5,8,11,14,17,20-22H2,2H3/b7-6-,10-9-,13-12-,16-15-,19-18-. The first-order valence-electron chi connectivity index (χ1n) is 9.32. The first-order valence-corrected chi connectivity index (χ1v) is 9.32. The summed E-state index contributed by atoms with van der Waals surface area (Å²) in [5, 5.41) is 0. The molecule has 0 aliphatic heterocycles. The van der Waals surface area contributed by atoms with Gasteiger partial charge >= 0.3 is 5.97 Å². The third-order valence-electron chi connectivity index (χ3n) is 3.28. The van der Waals surface area contributed by atoms with Crippen LogP contribution in [0.15, 0.2) is 73.4 Å². The summed E-state index contributed by atoms with van der Waals surface area (Å²) in [5.74, 6) is -0.0958. The highest BCUT2D eigenvalue weighted by atomic mass is 16.5. The quantitative estimate of drug-likeness (QED) is 0.189. The minimum absolute atomic E-state index is 0.0958. The fraction of sp³-hybridized carbons (Fsp3) is 0.435. The molecule has 0 aliphatic carbocycles. The van der Waals surface area contributed by atoms with E-state index in [0.717, 1.165) is 44.9 Å². The van der Waals surface area contributed by atoms with Crippen molar-refractivity contribution in [2.24, 2.45) is 0 Å². The summed E-state index contributed by atoms with van der Waals surface area (Å²) in [4.78, 5) is 11.1. The van der Waals surface area contributed by atoms with Gasteiger partial charge in [-0.05, 0) is 51.9 Å². The fourth-order valence-electron chi connectivity index (χ4n) is 1.99. The van der Waals surface area contributed by atoms with E-state index in [1.54, 1.807) is 0 Å². The van der Waals surface area contributed by atoms with Gasteiger partial charge in [-0.15, -0.1) is 6.58 Å². The van der Waals surface area contributed by atoms with Crippen molar-refractivity contribution in [3.05, 3.63) is 73.4 Å². The second-order valence-corrected chi connectivity index (χ2v) is 5.52. The molecule has 2 heteroatoms. The van der Waals surface area contributed by atoms with Gasteiger partial charge < -0.3 is 4.74 Å². The fourth-order valence-corrected chi connectivity index (χ4v) is 1.99. The van der Waals surface area contributed by atoms with E-state index in [-0.39, 0.29) is 5.97 Å². The molecule has 0 fully saturated rings. The topological polar surface area (TPSA) is 26.3 Å². The van der Waals surface area contributed by atoms with Gasteiger partial charge in [-0.25, -0.2) is 0 Å². The highest BCUT2D eigenvalue weighted by molar-refractivity contribution is 5.69. The van der Waals surface area contributed by atoms with Gasteiger partial charge in [-0.2, -0.15) is 0 Å². The van der Waals surface area contributed by atoms with Crippen LogP contribution in [0.3, 0.4) is 0 Å². The summed E-state index contributed by atoms with van der Waals surface area (Å²) in [6, 6.07) is 0. The Morgan fingerprint density at radius 3 is 1.64 bits per heavy atom. The molecule has 0 N–H and O–H groups in total. The number of esters is 1. The zero-order chi connectivity index (χ0) is 18.4. The van der Waals surface area contributed by atoms with Crippen molar-refractivity contribution in [3.63, 3.8) is 0 Å². The molecule has 138 valence electrons. The van der Waals surface area contributed by atoms with E-state index in [0.29, 0.717) is 13.0 Å². The lowest BCUT2D eigenvalue weighted by atomic mass is 10.2. The summed E-state index contributed by atoms with van der Waals surface area (Å²) in [6.07, 6.45) is 30.8. The average Bonchev–Trinajstić information content (AvgIpc) is 2.61. The monoisotopic (exact) mass is 342 g/mol. The number of carbonyl (C=O) groups is 1. The number of hydrogen-bond donors (Lipinski definition) is 0. The van der Waals surface area contributed by atoms with Gasteiger partial charge in [0.25, 0.3) is 0 Å². The van der Waals surface area contributed by atoms with Gasteiger partial charge in [-0.1, -0.05) is 66.8 Å². The number of rotatable bonds is 15. The third-order valence-corrected chi connectivity index (χ3v) is 3.28. The molecule has 0 heterocycles. The van der Waals surface area contributed by atoms with Crippen LogP contribution in [0.4, 0.5) is 0 Å². The van der Waals surface area contributed by atoms with E-state index in [2.05, 4.69) is 67.3 Å². The molecule has 0 atom stereocenters. The summed E-state index contributed by atoms with van der Waals surface area (Å²) >= 11 is 0. The minimum atomic E-state index is -0.0958. The van der Waals surface area contributed by atoms with Crippen molar-refractivity contribution >= 4 is 5.97 Å². The molecule has 0 spiro atoms. The van der Waals surface area contributed by atoms with Gasteiger partial charge in [0.2, 0.25) is 0 Å². The van der Waals surface area contributed by atoms with Gasteiger partial charge in [0.1, 0.15) is 0 Å². The number of carbonyl (C=O) groups excluding carboxylic acids is 1. The van der Waals surface area contributed by atoms with E-state index in [4.69, 9.17) is 4.74 Å². The molecule has 0 aromatic rings. The SMILES string of the molecule is C=CC/C=C\C/C=C\C/C=C\C/C=C\C/C=C\CCCC(=O)OCC. The van der Waals surface area contributed by atoms with Crippen molar-refractivity contribution in [3.8, 4) is 0 Å². The second kappa shape index (κ2) is 20.0. The molecule has 0 saturated heterocycles. The Morgan fingerprint density at radius 2 is 1.20 bits per heavy atom. The molecule has 0 aromatic carbocycles. The Bertz CT molecular complexity index is 464. The number of ether oxygens (including phenoxy) is 1. The van der Waals surface area contributed by atoms with Crippen LogP contribution in [0.25, 0.3) is 0 Å². The molecule has 0 amide bonds. The smallest absolute Gasteiger partial charge is 0.305 e. The molecule has 0 bridgehead atoms. The lowest BCUT2D eigenvalue weighted by molar-refractivity contribution is -0.143. The molecule has 2 nitrogen and oxygen atoms in total. The molecular formula is C23H34O2. The van der Waals surface area contributed by atoms with Crippen molar-refractivity contribution in [1.29, 1.82) is 0 Å². The van der Waals surface area contributed by atoms with Crippen molar-refractivity contribution in [1.82, 2.24) is 0 Å². The summed E-state index contributed by atoms with van der Waals surface area (Å²) in [5.41, 5.74) is 0. The van der Waals surface area contributed by atoms with Crippen LogP contribution in [-0.2, 0) is 9.53 Å². The lowest BCUT2D eigenvalue weighted by Crippen LogP contribution is -2.02. The molecule has 0 unspecified atom stereocenters. The number of allylic oxidation sites excluding steroid dienone is 11. The predicted molar refractivity (Wildman–Crippen MR) is 109 cm³/mol. The highest BCUT2D eigenvalue weighted by Gasteiger charge is 1.98. The Hall–Kier alpha value is -2.09. The van der Waals surface area contributed by atoms with E-state index in [9.17, 15) is 4.79 Å². The maximum Gasteiger partial charge on any atom is 0.305 e. The normalized spacial score (nSPS) is 12.4. The van der Waals surface area contributed by atoms with Crippen molar-refractivity contribution in [2.75, 3.05) is 6.61 Å². The summed E-state index contributed by atoms with van der Waals surface area (Å²) in [7, 11) is 0. The van der Waals surface area contributed by atoms with E-state index >= 15 is 0 Å².